The molecule has 1 N–H and O–H groups in total. The molecule has 0 radical (unpaired) electrons. The van der Waals surface area contributed by atoms with Crippen molar-refractivity contribution in [1.29, 1.82) is 0 Å². The lowest BCUT2D eigenvalue weighted by atomic mass is 9.90. The molecule has 0 spiro atoms. The molecule has 0 unspecified atom stereocenters. The average molecular weight is 321 g/mol. The van der Waals surface area contributed by atoms with E-state index >= 15 is 0 Å². The summed E-state index contributed by atoms with van der Waals surface area (Å²) >= 11 is 0. The Morgan fingerprint density at radius 3 is 2.64 bits per heavy atom. The molecular formula is C16H19NO4S. The first-order valence-electron chi connectivity index (χ1n) is 7.58. The number of fused-ring (bicyclic) bond motifs is 1. The second-order valence-electron chi connectivity index (χ2n) is 5.81. The first kappa shape index (κ1) is 15.2. The van der Waals surface area contributed by atoms with Crippen LogP contribution in [0, 0.1) is 5.92 Å². The van der Waals surface area contributed by atoms with Gasteiger partial charge in [0.25, 0.3) is 0 Å². The van der Waals surface area contributed by atoms with Crippen molar-refractivity contribution >= 4 is 21.0 Å². The normalized spacial score (nSPS) is 16.9. The van der Waals surface area contributed by atoms with Crippen LogP contribution in [0.5, 0.6) is 0 Å². The predicted molar refractivity (Wildman–Crippen MR) is 84.2 cm³/mol. The Balaban J connectivity index is 1.79. The van der Waals surface area contributed by atoms with Crippen LogP contribution in [0.25, 0.3) is 11.0 Å². The molecular weight excluding hydrogens is 302 g/mol. The van der Waals surface area contributed by atoms with Crippen molar-refractivity contribution in [3.8, 4) is 0 Å². The summed E-state index contributed by atoms with van der Waals surface area (Å²) in [5, 5.41) is 0.597. The molecule has 1 aromatic heterocycles. The van der Waals surface area contributed by atoms with Crippen molar-refractivity contribution < 1.29 is 12.8 Å². The van der Waals surface area contributed by atoms with Crippen LogP contribution in [0.1, 0.15) is 32.1 Å². The maximum absolute atomic E-state index is 12.4. The fraction of sp³-hybridized carbons (Fsp3) is 0.438. The van der Waals surface area contributed by atoms with Crippen molar-refractivity contribution in [1.82, 2.24) is 4.72 Å². The van der Waals surface area contributed by atoms with Crippen molar-refractivity contribution in [2.45, 2.75) is 37.0 Å². The highest BCUT2D eigenvalue weighted by Gasteiger charge is 2.19. The van der Waals surface area contributed by atoms with Crippen LogP contribution >= 0.6 is 0 Å². The van der Waals surface area contributed by atoms with E-state index in [4.69, 9.17) is 4.42 Å². The molecule has 0 aliphatic heterocycles. The zero-order valence-electron chi connectivity index (χ0n) is 12.2. The Hall–Kier alpha value is -1.66. The summed E-state index contributed by atoms with van der Waals surface area (Å²) in [4.78, 5) is 11.3. The van der Waals surface area contributed by atoms with E-state index in [1.165, 1.54) is 43.5 Å². The minimum atomic E-state index is -3.53. The standard InChI is InChI=1S/C16H19NO4S/c18-16-9-6-13-10-14(7-8-15(13)21-16)22(19,20)17-11-12-4-2-1-3-5-12/h6-10,12,17H,1-5,11H2. The Morgan fingerprint density at radius 2 is 1.86 bits per heavy atom. The maximum atomic E-state index is 12.4. The fourth-order valence-corrected chi connectivity index (χ4v) is 4.07. The Kier molecular flexibility index (Phi) is 4.31. The molecule has 1 aromatic carbocycles. The predicted octanol–water partition coefficient (Wildman–Crippen LogP) is 2.65. The van der Waals surface area contributed by atoms with Crippen LogP contribution in [-0.2, 0) is 10.0 Å². The molecule has 0 bridgehead atoms. The monoisotopic (exact) mass is 321 g/mol. The van der Waals surface area contributed by atoms with E-state index in [2.05, 4.69) is 4.72 Å². The number of hydrogen-bond acceptors (Lipinski definition) is 4. The first-order valence-corrected chi connectivity index (χ1v) is 9.06. The van der Waals surface area contributed by atoms with E-state index in [-0.39, 0.29) is 4.90 Å². The van der Waals surface area contributed by atoms with Gasteiger partial charge in [-0.1, -0.05) is 19.3 Å². The van der Waals surface area contributed by atoms with Gasteiger partial charge in [0.05, 0.1) is 4.90 Å². The van der Waals surface area contributed by atoms with Gasteiger partial charge in [-0.05, 0) is 43.0 Å². The Bertz CT molecular complexity index is 819. The highest BCUT2D eigenvalue weighted by Crippen LogP contribution is 2.24. The molecule has 1 heterocycles. The third kappa shape index (κ3) is 3.39. The van der Waals surface area contributed by atoms with Gasteiger partial charge in [0.1, 0.15) is 5.58 Å². The van der Waals surface area contributed by atoms with Gasteiger partial charge in [0.15, 0.2) is 0 Å². The molecule has 2 aromatic rings. The van der Waals surface area contributed by atoms with Gasteiger partial charge in [-0.25, -0.2) is 17.9 Å². The van der Waals surface area contributed by atoms with Gasteiger partial charge in [-0.15, -0.1) is 0 Å². The van der Waals surface area contributed by atoms with E-state index in [1.54, 1.807) is 6.07 Å². The van der Waals surface area contributed by atoms with Crippen molar-refractivity contribution in [3.05, 3.63) is 40.8 Å². The molecule has 1 saturated carbocycles. The van der Waals surface area contributed by atoms with Crippen molar-refractivity contribution in [2.75, 3.05) is 6.54 Å². The summed E-state index contributed by atoms with van der Waals surface area (Å²) in [5.41, 5.74) is -0.0581. The zero-order chi connectivity index (χ0) is 15.6. The molecule has 0 amide bonds. The number of rotatable bonds is 4. The third-order valence-corrected chi connectivity index (χ3v) is 5.61. The Morgan fingerprint density at radius 1 is 1.09 bits per heavy atom. The summed E-state index contributed by atoms with van der Waals surface area (Å²) in [5.74, 6) is 0.432. The van der Waals surface area contributed by atoms with E-state index in [9.17, 15) is 13.2 Å². The quantitative estimate of drug-likeness (QED) is 0.878. The minimum absolute atomic E-state index is 0.199. The minimum Gasteiger partial charge on any atom is -0.423 e. The Labute approximate surface area is 129 Å². The van der Waals surface area contributed by atoms with Crippen LogP contribution in [0.3, 0.4) is 0 Å². The second kappa shape index (κ2) is 6.22. The summed E-state index contributed by atoms with van der Waals surface area (Å²) in [6.45, 7) is 0.490. The van der Waals surface area contributed by atoms with Crippen LogP contribution in [0.2, 0.25) is 0 Å². The van der Waals surface area contributed by atoms with E-state index in [0.29, 0.717) is 23.4 Å². The molecule has 1 aliphatic carbocycles. The van der Waals surface area contributed by atoms with Crippen LogP contribution in [0.15, 0.2) is 44.4 Å². The smallest absolute Gasteiger partial charge is 0.336 e. The lowest BCUT2D eigenvalue weighted by Crippen LogP contribution is -2.30. The van der Waals surface area contributed by atoms with Gasteiger partial charge in [-0.3, -0.25) is 0 Å². The fourth-order valence-electron chi connectivity index (χ4n) is 2.92. The molecule has 0 atom stereocenters. The van der Waals surface area contributed by atoms with Crippen LogP contribution in [-0.4, -0.2) is 15.0 Å². The van der Waals surface area contributed by atoms with E-state index < -0.39 is 15.6 Å². The van der Waals surface area contributed by atoms with E-state index in [1.807, 2.05) is 0 Å². The number of nitrogens with one attached hydrogen (secondary N) is 1. The molecule has 5 nitrogen and oxygen atoms in total. The lowest BCUT2D eigenvalue weighted by molar-refractivity contribution is 0.357. The molecule has 1 fully saturated rings. The number of sulfonamides is 1. The molecule has 22 heavy (non-hydrogen) atoms. The van der Waals surface area contributed by atoms with Gasteiger partial charge in [0, 0.05) is 18.0 Å². The van der Waals surface area contributed by atoms with Crippen LogP contribution in [0.4, 0.5) is 0 Å². The topological polar surface area (TPSA) is 76.4 Å². The van der Waals surface area contributed by atoms with Gasteiger partial charge < -0.3 is 4.42 Å². The van der Waals surface area contributed by atoms with Crippen LogP contribution < -0.4 is 10.3 Å². The molecule has 3 rings (SSSR count). The summed E-state index contributed by atoms with van der Waals surface area (Å²) in [7, 11) is -3.53. The maximum Gasteiger partial charge on any atom is 0.336 e. The number of hydrogen-bond donors (Lipinski definition) is 1. The molecule has 6 heteroatoms. The highest BCUT2D eigenvalue weighted by molar-refractivity contribution is 7.89. The van der Waals surface area contributed by atoms with Gasteiger partial charge in [0.2, 0.25) is 10.0 Å². The molecule has 118 valence electrons. The molecule has 0 saturated heterocycles. The molecule has 1 aliphatic rings. The van der Waals surface area contributed by atoms with Gasteiger partial charge in [-0.2, -0.15) is 0 Å². The van der Waals surface area contributed by atoms with E-state index in [0.717, 1.165) is 12.8 Å². The largest absolute Gasteiger partial charge is 0.423 e. The third-order valence-electron chi connectivity index (χ3n) is 4.19. The second-order valence-corrected chi connectivity index (χ2v) is 7.58. The SMILES string of the molecule is O=c1ccc2cc(S(=O)(=O)NCC3CCCCC3)ccc2o1. The average Bonchev–Trinajstić information content (AvgIpc) is 2.53. The van der Waals surface area contributed by atoms with Gasteiger partial charge >= 0.3 is 5.63 Å². The van der Waals surface area contributed by atoms with Crippen molar-refractivity contribution in [2.24, 2.45) is 5.92 Å². The first-order chi connectivity index (χ1) is 10.5. The highest BCUT2D eigenvalue weighted by atomic mass is 32.2. The summed E-state index contributed by atoms with van der Waals surface area (Å²) in [6, 6.07) is 7.37. The lowest BCUT2D eigenvalue weighted by Gasteiger charge is -2.21. The van der Waals surface area contributed by atoms with Crippen molar-refractivity contribution in [3.63, 3.8) is 0 Å². The zero-order valence-corrected chi connectivity index (χ0v) is 13.1. The number of benzene rings is 1. The summed E-state index contributed by atoms with van der Waals surface area (Å²) in [6.07, 6.45) is 5.79. The summed E-state index contributed by atoms with van der Waals surface area (Å²) < 4.78 is 32.5.